The van der Waals surface area contributed by atoms with Crippen molar-refractivity contribution in [2.24, 2.45) is 11.8 Å². The van der Waals surface area contributed by atoms with Gasteiger partial charge in [-0.3, -0.25) is 0 Å². The first-order valence-electron chi connectivity index (χ1n) is 11.9. The molecular formula is C30H31F3. The number of benzene rings is 3. The number of rotatable bonds is 8. The summed E-state index contributed by atoms with van der Waals surface area (Å²) >= 11 is 0. The molecule has 4 rings (SSSR count). The Balaban J connectivity index is 1.44. The number of fused-ring (bicyclic) bond motifs is 1. The van der Waals surface area contributed by atoms with E-state index in [0.29, 0.717) is 10.9 Å². The fraction of sp³-hybridized carbons (Fsp3) is 0.333. The summed E-state index contributed by atoms with van der Waals surface area (Å²) in [5.74, 6) is -1.34. The van der Waals surface area contributed by atoms with Crippen molar-refractivity contribution in [3.8, 4) is 11.1 Å². The van der Waals surface area contributed by atoms with E-state index in [1.165, 1.54) is 56.2 Å². The highest BCUT2D eigenvalue weighted by atomic mass is 19.2. The average Bonchev–Trinajstić information content (AvgIpc) is 2.84. The fourth-order valence-electron chi connectivity index (χ4n) is 5.16. The number of hydrogen-bond acceptors (Lipinski definition) is 0. The van der Waals surface area contributed by atoms with Gasteiger partial charge in [0.25, 0.3) is 0 Å². The van der Waals surface area contributed by atoms with E-state index in [0.717, 1.165) is 24.7 Å². The molecule has 0 bridgehead atoms. The van der Waals surface area contributed by atoms with Crippen LogP contribution in [0.25, 0.3) is 28.0 Å². The molecule has 3 aromatic carbocycles. The van der Waals surface area contributed by atoms with Crippen LogP contribution < -0.4 is 0 Å². The Kier molecular flexibility index (Phi) is 7.37. The zero-order valence-corrected chi connectivity index (χ0v) is 19.1. The minimum Gasteiger partial charge on any atom is -0.206 e. The minimum absolute atomic E-state index is 0.0294. The number of halogens is 3. The summed E-state index contributed by atoms with van der Waals surface area (Å²) in [7, 11) is 0. The fourth-order valence-corrected chi connectivity index (χ4v) is 5.16. The summed E-state index contributed by atoms with van der Waals surface area (Å²) < 4.78 is 44.0. The summed E-state index contributed by atoms with van der Waals surface area (Å²) in [6.07, 6.45) is 13.1. The second-order valence-electron chi connectivity index (χ2n) is 9.31. The summed E-state index contributed by atoms with van der Waals surface area (Å²) in [5.41, 5.74) is 2.19. The van der Waals surface area contributed by atoms with E-state index in [1.54, 1.807) is 12.1 Å². The van der Waals surface area contributed by atoms with Crippen molar-refractivity contribution >= 4 is 16.8 Å². The van der Waals surface area contributed by atoms with Crippen molar-refractivity contribution < 1.29 is 13.2 Å². The second-order valence-corrected chi connectivity index (χ2v) is 9.31. The number of aryl methyl sites for hydroxylation is 1. The van der Waals surface area contributed by atoms with Crippen LogP contribution in [0.15, 0.2) is 61.7 Å². The zero-order valence-electron chi connectivity index (χ0n) is 19.1. The lowest BCUT2D eigenvalue weighted by Crippen LogP contribution is -2.15. The van der Waals surface area contributed by atoms with Gasteiger partial charge in [-0.2, -0.15) is 0 Å². The Morgan fingerprint density at radius 3 is 2.09 bits per heavy atom. The first-order chi connectivity index (χ1) is 16.0. The molecule has 1 saturated carbocycles. The summed E-state index contributed by atoms with van der Waals surface area (Å²) in [6, 6.07) is 12.5. The standard InChI is InChI=1S/C30H31F3/c1-3-5-6-20-7-9-21(10-8-20)11-12-22-13-15-24(16-14-22)26-18-17-25-19-23(4-2)28(31)30(33)27(25)29(26)32/h3-4,13-21H,1-2,5-12H2. The predicted octanol–water partition coefficient (Wildman–Crippen LogP) is 9.27. The molecule has 1 aliphatic carbocycles. The highest BCUT2D eigenvalue weighted by molar-refractivity contribution is 5.90. The van der Waals surface area contributed by atoms with Gasteiger partial charge in [-0.25, -0.2) is 13.2 Å². The van der Waals surface area contributed by atoms with Crippen LogP contribution in [0, 0.1) is 29.3 Å². The van der Waals surface area contributed by atoms with Gasteiger partial charge in [0, 0.05) is 11.1 Å². The van der Waals surface area contributed by atoms with Gasteiger partial charge in [-0.15, -0.1) is 6.58 Å². The van der Waals surface area contributed by atoms with Gasteiger partial charge in [0.15, 0.2) is 11.6 Å². The third kappa shape index (κ3) is 5.08. The summed E-state index contributed by atoms with van der Waals surface area (Å²) in [4.78, 5) is 0. The van der Waals surface area contributed by atoms with Crippen molar-refractivity contribution in [1.82, 2.24) is 0 Å². The SMILES string of the molecule is C=CCCC1CCC(CCc2ccc(-c3ccc4cc(C=C)c(F)c(F)c4c3F)cc2)CC1. The quantitative estimate of drug-likeness (QED) is 0.301. The Hall–Kier alpha value is -2.81. The van der Waals surface area contributed by atoms with E-state index in [-0.39, 0.29) is 16.5 Å². The Morgan fingerprint density at radius 2 is 1.45 bits per heavy atom. The molecule has 0 N–H and O–H groups in total. The average molecular weight is 449 g/mol. The van der Waals surface area contributed by atoms with Crippen LogP contribution >= 0.6 is 0 Å². The third-order valence-corrected chi connectivity index (χ3v) is 7.22. The highest BCUT2D eigenvalue weighted by Gasteiger charge is 2.21. The number of allylic oxidation sites excluding steroid dienone is 1. The van der Waals surface area contributed by atoms with Crippen LogP contribution in [0.1, 0.15) is 56.1 Å². The molecule has 0 unspecified atom stereocenters. The van der Waals surface area contributed by atoms with Crippen molar-refractivity contribution in [3.05, 3.63) is 90.3 Å². The normalized spacial score (nSPS) is 18.4. The Morgan fingerprint density at radius 1 is 0.788 bits per heavy atom. The van der Waals surface area contributed by atoms with Crippen molar-refractivity contribution in [3.63, 3.8) is 0 Å². The Bertz CT molecular complexity index is 1140. The number of hydrogen-bond donors (Lipinski definition) is 0. The van der Waals surface area contributed by atoms with E-state index in [2.05, 4.69) is 13.2 Å². The summed E-state index contributed by atoms with van der Waals surface area (Å²) in [6.45, 7) is 7.32. The maximum Gasteiger partial charge on any atom is 0.170 e. The van der Waals surface area contributed by atoms with Gasteiger partial charge in [-0.05, 0) is 60.1 Å². The van der Waals surface area contributed by atoms with Gasteiger partial charge >= 0.3 is 0 Å². The van der Waals surface area contributed by atoms with Crippen LogP contribution in [0.3, 0.4) is 0 Å². The molecule has 1 aliphatic rings. The molecule has 0 nitrogen and oxygen atoms in total. The predicted molar refractivity (Wildman–Crippen MR) is 133 cm³/mol. The van der Waals surface area contributed by atoms with E-state index in [4.69, 9.17) is 0 Å². The topological polar surface area (TPSA) is 0 Å². The van der Waals surface area contributed by atoms with Gasteiger partial charge in [0.2, 0.25) is 0 Å². The molecule has 0 radical (unpaired) electrons. The minimum atomic E-state index is -1.17. The Labute approximate surface area is 194 Å². The highest BCUT2D eigenvalue weighted by Crippen LogP contribution is 2.35. The maximum atomic E-state index is 15.2. The molecule has 0 spiro atoms. The first-order valence-corrected chi connectivity index (χ1v) is 11.9. The summed E-state index contributed by atoms with van der Waals surface area (Å²) in [5, 5.41) is 0.00394. The van der Waals surface area contributed by atoms with Crippen LogP contribution in [-0.2, 0) is 6.42 Å². The van der Waals surface area contributed by atoms with Gasteiger partial charge in [0.05, 0.1) is 5.39 Å². The van der Waals surface area contributed by atoms with Crippen LogP contribution in [0.4, 0.5) is 13.2 Å². The third-order valence-electron chi connectivity index (χ3n) is 7.22. The first kappa shape index (κ1) is 23.4. The van der Waals surface area contributed by atoms with Crippen molar-refractivity contribution in [1.29, 1.82) is 0 Å². The van der Waals surface area contributed by atoms with Gasteiger partial charge in [-0.1, -0.05) is 80.8 Å². The lowest BCUT2D eigenvalue weighted by atomic mass is 9.78. The molecule has 172 valence electrons. The second kappa shape index (κ2) is 10.4. The monoisotopic (exact) mass is 448 g/mol. The zero-order chi connectivity index (χ0) is 23.4. The molecule has 1 fully saturated rings. The lowest BCUT2D eigenvalue weighted by molar-refractivity contribution is 0.254. The van der Waals surface area contributed by atoms with Crippen molar-refractivity contribution in [2.75, 3.05) is 0 Å². The maximum absolute atomic E-state index is 15.2. The van der Waals surface area contributed by atoms with Gasteiger partial charge in [0.1, 0.15) is 5.82 Å². The largest absolute Gasteiger partial charge is 0.206 e. The molecule has 0 atom stereocenters. The van der Waals surface area contributed by atoms with E-state index in [1.807, 2.05) is 30.3 Å². The molecule has 0 saturated heterocycles. The molecular weight excluding hydrogens is 417 g/mol. The molecule has 33 heavy (non-hydrogen) atoms. The van der Waals surface area contributed by atoms with E-state index >= 15 is 4.39 Å². The molecule has 0 amide bonds. The molecule has 3 heteroatoms. The van der Waals surface area contributed by atoms with Crippen LogP contribution in [0.5, 0.6) is 0 Å². The lowest BCUT2D eigenvalue weighted by Gasteiger charge is -2.28. The molecule has 0 aromatic heterocycles. The molecule has 0 aliphatic heterocycles. The van der Waals surface area contributed by atoms with E-state index in [9.17, 15) is 8.78 Å². The van der Waals surface area contributed by atoms with E-state index < -0.39 is 17.5 Å². The molecule has 0 heterocycles. The van der Waals surface area contributed by atoms with Gasteiger partial charge < -0.3 is 0 Å². The molecule has 3 aromatic rings. The van der Waals surface area contributed by atoms with Crippen LogP contribution in [0.2, 0.25) is 0 Å². The van der Waals surface area contributed by atoms with Crippen molar-refractivity contribution in [2.45, 2.75) is 51.4 Å². The smallest absolute Gasteiger partial charge is 0.170 e. The van der Waals surface area contributed by atoms with Crippen LogP contribution in [-0.4, -0.2) is 0 Å².